The number of methoxy groups -OCH3 is 1. The molecule has 20 heavy (non-hydrogen) atoms. The minimum absolute atomic E-state index is 0.169. The van der Waals surface area contributed by atoms with Crippen molar-refractivity contribution in [2.45, 2.75) is 26.4 Å². The van der Waals surface area contributed by atoms with E-state index in [-0.39, 0.29) is 5.75 Å². The number of phenols is 1. The number of hydrogen-bond acceptors (Lipinski definition) is 4. The normalized spacial score (nSPS) is 10.8. The molecule has 0 amide bonds. The van der Waals surface area contributed by atoms with E-state index in [2.05, 4.69) is 17.3 Å². The van der Waals surface area contributed by atoms with Crippen LogP contribution in [0.25, 0.3) is 0 Å². The predicted molar refractivity (Wildman–Crippen MR) is 77.8 cm³/mol. The number of benzene rings is 1. The monoisotopic (exact) mass is 275 g/mol. The Balaban J connectivity index is 1.94. The van der Waals surface area contributed by atoms with Crippen LogP contribution < -0.4 is 10.1 Å². The van der Waals surface area contributed by atoms with E-state index in [1.807, 2.05) is 24.0 Å². The second-order valence-electron chi connectivity index (χ2n) is 4.74. The summed E-state index contributed by atoms with van der Waals surface area (Å²) < 4.78 is 6.87. The van der Waals surface area contributed by atoms with Gasteiger partial charge in [0.15, 0.2) is 11.5 Å². The van der Waals surface area contributed by atoms with Crippen LogP contribution in [0, 0.1) is 0 Å². The highest BCUT2D eigenvalue weighted by molar-refractivity contribution is 5.41. The first kappa shape index (κ1) is 14.4. The van der Waals surface area contributed by atoms with Crippen molar-refractivity contribution < 1.29 is 9.84 Å². The first-order chi connectivity index (χ1) is 9.63. The molecule has 0 saturated carbocycles. The van der Waals surface area contributed by atoms with Gasteiger partial charge in [0, 0.05) is 31.9 Å². The van der Waals surface area contributed by atoms with E-state index >= 15 is 0 Å². The summed E-state index contributed by atoms with van der Waals surface area (Å²) in [6, 6.07) is 5.43. The summed E-state index contributed by atoms with van der Waals surface area (Å²) in [6.45, 7) is 3.56. The Morgan fingerprint density at radius 1 is 1.35 bits per heavy atom. The molecule has 0 aliphatic rings. The molecule has 0 radical (unpaired) electrons. The lowest BCUT2D eigenvalue weighted by Gasteiger charge is -2.07. The average Bonchev–Trinajstić information content (AvgIpc) is 2.79. The Morgan fingerprint density at radius 3 is 2.80 bits per heavy atom. The lowest BCUT2D eigenvalue weighted by Crippen LogP contribution is -2.13. The zero-order valence-corrected chi connectivity index (χ0v) is 12.2. The van der Waals surface area contributed by atoms with Crippen LogP contribution in [0.3, 0.4) is 0 Å². The van der Waals surface area contributed by atoms with Crippen LogP contribution in [0.2, 0.25) is 0 Å². The van der Waals surface area contributed by atoms with E-state index in [9.17, 15) is 5.11 Å². The minimum atomic E-state index is 0.169. The van der Waals surface area contributed by atoms with Gasteiger partial charge in [0.1, 0.15) is 0 Å². The molecule has 1 aromatic carbocycles. The molecule has 2 aromatic rings. The Kier molecular flexibility index (Phi) is 4.63. The summed E-state index contributed by atoms with van der Waals surface area (Å²) in [5.41, 5.74) is 3.36. The third-order valence-corrected chi connectivity index (χ3v) is 3.21. The number of aromatic nitrogens is 2. The molecule has 0 aliphatic carbocycles. The van der Waals surface area contributed by atoms with Crippen LogP contribution in [0.15, 0.2) is 24.4 Å². The van der Waals surface area contributed by atoms with Gasteiger partial charge < -0.3 is 15.2 Å². The zero-order valence-electron chi connectivity index (χ0n) is 12.2. The highest BCUT2D eigenvalue weighted by atomic mass is 16.5. The number of ether oxygens (including phenoxy) is 1. The maximum absolute atomic E-state index is 9.73. The van der Waals surface area contributed by atoms with Gasteiger partial charge in [0.25, 0.3) is 0 Å². The summed E-state index contributed by atoms with van der Waals surface area (Å²) in [6.07, 6.45) is 2.97. The Hall–Kier alpha value is -2.01. The van der Waals surface area contributed by atoms with E-state index in [0.717, 1.165) is 24.2 Å². The van der Waals surface area contributed by atoms with Crippen LogP contribution in [-0.2, 0) is 26.6 Å². The molecule has 1 aromatic heterocycles. The molecule has 0 unspecified atom stereocenters. The number of hydrogen-bond donors (Lipinski definition) is 2. The fourth-order valence-corrected chi connectivity index (χ4v) is 2.22. The second kappa shape index (κ2) is 6.43. The fourth-order valence-electron chi connectivity index (χ4n) is 2.22. The summed E-state index contributed by atoms with van der Waals surface area (Å²) in [5.74, 6) is 0.664. The quantitative estimate of drug-likeness (QED) is 0.846. The van der Waals surface area contributed by atoms with Crippen molar-refractivity contribution in [2.75, 3.05) is 7.11 Å². The number of nitrogens with zero attached hydrogens (tertiary/aromatic N) is 2. The molecule has 0 bridgehead atoms. The summed E-state index contributed by atoms with van der Waals surface area (Å²) in [5, 5.41) is 17.5. The molecule has 2 N–H and O–H groups in total. The van der Waals surface area contributed by atoms with Gasteiger partial charge in [0.2, 0.25) is 0 Å². The van der Waals surface area contributed by atoms with Gasteiger partial charge >= 0.3 is 0 Å². The van der Waals surface area contributed by atoms with E-state index in [4.69, 9.17) is 4.74 Å². The van der Waals surface area contributed by atoms with E-state index in [0.29, 0.717) is 12.3 Å². The standard InChI is InChI=1S/C15H21N3O2/c1-4-13-12(10-18(2)17-13)9-16-8-11-5-6-15(20-3)14(19)7-11/h5-7,10,16,19H,4,8-9H2,1-3H3. The largest absolute Gasteiger partial charge is 0.504 e. The third kappa shape index (κ3) is 3.30. The van der Waals surface area contributed by atoms with E-state index in [1.165, 1.54) is 5.56 Å². The minimum Gasteiger partial charge on any atom is -0.504 e. The molecule has 2 rings (SSSR count). The molecular formula is C15H21N3O2. The van der Waals surface area contributed by atoms with Gasteiger partial charge in [-0.3, -0.25) is 4.68 Å². The fraction of sp³-hybridized carbons (Fsp3) is 0.400. The first-order valence-corrected chi connectivity index (χ1v) is 6.72. The Morgan fingerprint density at radius 2 is 2.15 bits per heavy atom. The predicted octanol–water partition coefficient (Wildman–Crippen LogP) is 1.99. The van der Waals surface area contributed by atoms with Crippen molar-refractivity contribution in [3.8, 4) is 11.5 Å². The van der Waals surface area contributed by atoms with Gasteiger partial charge in [-0.1, -0.05) is 13.0 Å². The van der Waals surface area contributed by atoms with E-state index in [1.54, 1.807) is 19.2 Å². The molecule has 0 aliphatic heterocycles. The number of nitrogens with one attached hydrogen (secondary N) is 1. The second-order valence-corrected chi connectivity index (χ2v) is 4.74. The van der Waals surface area contributed by atoms with Crippen LogP contribution in [-0.4, -0.2) is 22.0 Å². The molecule has 0 saturated heterocycles. The van der Waals surface area contributed by atoms with Gasteiger partial charge in [0.05, 0.1) is 12.8 Å². The SMILES string of the molecule is CCc1nn(C)cc1CNCc1ccc(OC)c(O)c1. The molecule has 0 atom stereocenters. The summed E-state index contributed by atoms with van der Waals surface area (Å²) in [7, 11) is 3.48. The number of phenolic OH excluding ortho intramolecular Hbond substituents is 1. The zero-order chi connectivity index (χ0) is 14.5. The van der Waals surface area contributed by atoms with Crippen molar-refractivity contribution in [1.82, 2.24) is 15.1 Å². The topological polar surface area (TPSA) is 59.3 Å². The molecular weight excluding hydrogens is 254 g/mol. The summed E-state index contributed by atoms with van der Waals surface area (Å²) >= 11 is 0. The molecule has 5 nitrogen and oxygen atoms in total. The van der Waals surface area contributed by atoms with Crippen LogP contribution in [0.5, 0.6) is 11.5 Å². The molecule has 108 valence electrons. The smallest absolute Gasteiger partial charge is 0.160 e. The van der Waals surface area contributed by atoms with Crippen molar-refractivity contribution in [1.29, 1.82) is 0 Å². The lowest BCUT2D eigenvalue weighted by molar-refractivity contribution is 0.373. The maximum atomic E-state index is 9.73. The van der Waals surface area contributed by atoms with Crippen LogP contribution in [0.4, 0.5) is 0 Å². The highest BCUT2D eigenvalue weighted by Gasteiger charge is 2.06. The van der Waals surface area contributed by atoms with E-state index < -0.39 is 0 Å². The molecule has 5 heteroatoms. The third-order valence-electron chi connectivity index (χ3n) is 3.21. The van der Waals surface area contributed by atoms with Gasteiger partial charge in [-0.15, -0.1) is 0 Å². The van der Waals surface area contributed by atoms with Crippen molar-refractivity contribution in [3.63, 3.8) is 0 Å². The van der Waals surface area contributed by atoms with Crippen molar-refractivity contribution >= 4 is 0 Å². The Labute approximate surface area is 119 Å². The maximum Gasteiger partial charge on any atom is 0.160 e. The molecule has 0 fully saturated rings. The number of aryl methyl sites for hydroxylation is 2. The molecule has 0 spiro atoms. The van der Waals surface area contributed by atoms with Crippen molar-refractivity contribution in [2.24, 2.45) is 7.05 Å². The number of aromatic hydroxyl groups is 1. The molecule has 1 heterocycles. The summed E-state index contributed by atoms with van der Waals surface area (Å²) in [4.78, 5) is 0. The highest BCUT2D eigenvalue weighted by Crippen LogP contribution is 2.26. The van der Waals surface area contributed by atoms with Gasteiger partial charge in [-0.05, 0) is 24.1 Å². The van der Waals surface area contributed by atoms with Crippen LogP contribution in [0.1, 0.15) is 23.7 Å². The van der Waals surface area contributed by atoms with Crippen molar-refractivity contribution in [3.05, 3.63) is 41.2 Å². The van der Waals surface area contributed by atoms with Gasteiger partial charge in [-0.2, -0.15) is 5.10 Å². The average molecular weight is 275 g/mol. The van der Waals surface area contributed by atoms with Crippen LogP contribution >= 0.6 is 0 Å². The first-order valence-electron chi connectivity index (χ1n) is 6.72. The lowest BCUT2D eigenvalue weighted by atomic mass is 10.2. The van der Waals surface area contributed by atoms with Gasteiger partial charge in [-0.25, -0.2) is 0 Å². The Bertz CT molecular complexity index is 578. The number of rotatable bonds is 6.